The summed E-state index contributed by atoms with van der Waals surface area (Å²) < 4.78 is 12.0. The van der Waals surface area contributed by atoms with Crippen LogP contribution in [0.4, 0.5) is 0 Å². The van der Waals surface area contributed by atoms with Gasteiger partial charge in [-0.15, -0.1) is 0 Å². The molecule has 0 saturated carbocycles. The number of nitrogens with zero attached hydrogens (tertiary/aromatic N) is 3. The summed E-state index contributed by atoms with van der Waals surface area (Å²) in [5.41, 5.74) is 3.38. The fourth-order valence-electron chi connectivity index (χ4n) is 2.91. The van der Waals surface area contributed by atoms with Crippen LogP contribution in [0.25, 0.3) is 22.0 Å². The molecular weight excluding hydrogens is 374 g/mol. The number of ether oxygens (including phenoxy) is 2. The molecule has 0 spiro atoms. The van der Waals surface area contributed by atoms with Crippen molar-refractivity contribution in [3.05, 3.63) is 72.8 Å². The summed E-state index contributed by atoms with van der Waals surface area (Å²) in [7, 11) is 2.97. The van der Waals surface area contributed by atoms with Gasteiger partial charge < -0.3 is 9.47 Å². The van der Waals surface area contributed by atoms with Gasteiger partial charge in [0.2, 0.25) is 5.88 Å². The van der Waals surface area contributed by atoms with Crippen LogP contribution in [0.3, 0.4) is 0 Å². The SMILES string of the molecule is COC(=O)c1cn(Sc2cccnc2)c2cc(-c3ccc(OC)nc3)ccc12. The lowest BCUT2D eigenvalue weighted by atomic mass is 10.0. The first-order chi connectivity index (χ1) is 13.7. The van der Waals surface area contributed by atoms with Crippen LogP contribution in [0, 0.1) is 0 Å². The Morgan fingerprint density at radius 1 is 1.07 bits per heavy atom. The van der Waals surface area contributed by atoms with E-state index in [0.717, 1.165) is 26.9 Å². The Morgan fingerprint density at radius 3 is 2.61 bits per heavy atom. The second-order valence-corrected chi connectivity index (χ2v) is 7.01. The van der Waals surface area contributed by atoms with Crippen LogP contribution in [0.2, 0.25) is 0 Å². The lowest BCUT2D eigenvalue weighted by molar-refractivity contribution is 0.0603. The van der Waals surface area contributed by atoms with Crippen molar-refractivity contribution in [3.8, 4) is 17.0 Å². The number of benzene rings is 1. The molecule has 0 aliphatic carbocycles. The number of hydrogen-bond acceptors (Lipinski definition) is 6. The highest BCUT2D eigenvalue weighted by Gasteiger charge is 2.17. The minimum absolute atomic E-state index is 0.366. The van der Waals surface area contributed by atoms with E-state index in [9.17, 15) is 4.79 Å². The van der Waals surface area contributed by atoms with E-state index >= 15 is 0 Å². The van der Waals surface area contributed by atoms with E-state index in [4.69, 9.17) is 9.47 Å². The number of carbonyl (C=O) groups is 1. The minimum atomic E-state index is -0.366. The second kappa shape index (κ2) is 7.74. The number of pyridine rings is 2. The van der Waals surface area contributed by atoms with Gasteiger partial charge in [-0.25, -0.2) is 9.78 Å². The number of fused-ring (bicyclic) bond motifs is 1. The van der Waals surface area contributed by atoms with Gasteiger partial charge in [-0.3, -0.25) is 8.96 Å². The number of hydrogen-bond donors (Lipinski definition) is 0. The van der Waals surface area contributed by atoms with Gasteiger partial charge in [-0.2, -0.15) is 0 Å². The Hall–Kier alpha value is -3.32. The van der Waals surface area contributed by atoms with E-state index in [2.05, 4.69) is 9.97 Å². The van der Waals surface area contributed by atoms with Gasteiger partial charge in [-0.1, -0.05) is 12.1 Å². The largest absolute Gasteiger partial charge is 0.481 e. The molecule has 0 radical (unpaired) electrons. The third-order valence-corrected chi connectivity index (χ3v) is 5.25. The summed E-state index contributed by atoms with van der Waals surface area (Å²) in [4.78, 5) is 21.6. The maximum Gasteiger partial charge on any atom is 0.340 e. The van der Waals surface area contributed by atoms with Gasteiger partial charge in [0.05, 0.1) is 25.3 Å². The molecule has 0 bridgehead atoms. The van der Waals surface area contributed by atoms with Gasteiger partial charge in [0.15, 0.2) is 0 Å². The molecule has 3 aromatic heterocycles. The quantitative estimate of drug-likeness (QED) is 0.468. The van der Waals surface area contributed by atoms with Gasteiger partial charge >= 0.3 is 5.97 Å². The first-order valence-electron chi connectivity index (χ1n) is 8.52. The van der Waals surface area contributed by atoms with Crippen molar-refractivity contribution < 1.29 is 14.3 Å². The number of carbonyl (C=O) groups excluding carboxylic acids is 1. The number of rotatable bonds is 5. The van der Waals surface area contributed by atoms with E-state index in [1.165, 1.54) is 19.1 Å². The standard InChI is InChI=1S/C21H17N3O3S/c1-26-20-8-6-15(11-23-20)14-5-7-17-18(21(25)27-2)13-24(19(17)10-14)28-16-4-3-9-22-12-16/h3-13H,1-2H3. The summed E-state index contributed by atoms with van der Waals surface area (Å²) in [6.07, 6.45) is 7.07. The average Bonchev–Trinajstić information content (AvgIpc) is 3.11. The molecule has 0 N–H and O–H groups in total. The number of esters is 1. The second-order valence-electron chi connectivity index (χ2n) is 5.96. The smallest absolute Gasteiger partial charge is 0.340 e. The van der Waals surface area contributed by atoms with E-state index in [1.807, 2.05) is 46.4 Å². The Bertz CT molecular complexity index is 1130. The van der Waals surface area contributed by atoms with Gasteiger partial charge in [0.1, 0.15) is 0 Å². The van der Waals surface area contributed by atoms with Crippen molar-refractivity contribution in [1.82, 2.24) is 13.9 Å². The molecule has 0 aliphatic heterocycles. The van der Waals surface area contributed by atoms with Crippen LogP contribution in [-0.2, 0) is 4.74 Å². The first kappa shape index (κ1) is 18.1. The zero-order valence-electron chi connectivity index (χ0n) is 15.3. The van der Waals surface area contributed by atoms with Crippen LogP contribution in [0.5, 0.6) is 5.88 Å². The molecule has 6 nitrogen and oxygen atoms in total. The molecule has 1 aromatic carbocycles. The fraction of sp³-hybridized carbons (Fsp3) is 0.0952. The third kappa shape index (κ3) is 3.44. The first-order valence-corrected chi connectivity index (χ1v) is 9.29. The molecule has 0 aliphatic rings. The predicted molar refractivity (Wildman–Crippen MR) is 109 cm³/mol. The van der Waals surface area contributed by atoms with E-state index in [1.54, 1.807) is 31.9 Å². The van der Waals surface area contributed by atoms with Crippen LogP contribution in [-0.4, -0.2) is 34.1 Å². The summed E-state index contributed by atoms with van der Waals surface area (Å²) in [6.45, 7) is 0. The molecule has 4 rings (SSSR count). The number of aromatic nitrogens is 3. The Kier molecular flexibility index (Phi) is 4.99. The van der Waals surface area contributed by atoms with E-state index < -0.39 is 0 Å². The molecule has 140 valence electrons. The van der Waals surface area contributed by atoms with Crippen LogP contribution >= 0.6 is 11.9 Å². The summed E-state index contributed by atoms with van der Waals surface area (Å²) in [5, 5.41) is 0.827. The molecule has 0 fully saturated rings. The predicted octanol–water partition coefficient (Wildman–Crippen LogP) is 4.45. The molecule has 28 heavy (non-hydrogen) atoms. The molecular formula is C21H17N3O3S. The van der Waals surface area contributed by atoms with E-state index in [0.29, 0.717) is 11.4 Å². The molecule has 0 unspecified atom stereocenters. The lowest BCUT2D eigenvalue weighted by Crippen LogP contribution is -1.99. The Morgan fingerprint density at radius 2 is 1.93 bits per heavy atom. The van der Waals surface area contributed by atoms with Crippen LogP contribution in [0.15, 0.2) is 72.1 Å². The van der Waals surface area contributed by atoms with Gasteiger partial charge in [0.25, 0.3) is 0 Å². The zero-order valence-corrected chi connectivity index (χ0v) is 16.1. The van der Waals surface area contributed by atoms with Crippen molar-refractivity contribution in [2.45, 2.75) is 4.90 Å². The summed E-state index contributed by atoms with van der Waals surface area (Å²) >= 11 is 1.49. The van der Waals surface area contributed by atoms with Crippen molar-refractivity contribution >= 4 is 28.8 Å². The van der Waals surface area contributed by atoms with Crippen LogP contribution < -0.4 is 4.74 Å². The zero-order chi connectivity index (χ0) is 19.5. The molecule has 0 saturated heterocycles. The molecule has 0 amide bonds. The topological polar surface area (TPSA) is 66.2 Å². The highest BCUT2D eigenvalue weighted by molar-refractivity contribution is 7.98. The summed E-state index contributed by atoms with van der Waals surface area (Å²) in [6, 6.07) is 13.6. The van der Waals surface area contributed by atoms with Gasteiger partial charge in [-0.05, 0) is 41.8 Å². The molecule has 7 heteroatoms. The maximum absolute atomic E-state index is 12.2. The van der Waals surface area contributed by atoms with Crippen molar-refractivity contribution in [3.63, 3.8) is 0 Å². The Labute approximate surface area is 166 Å². The van der Waals surface area contributed by atoms with Crippen molar-refractivity contribution in [2.24, 2.45) is 0 Å². The average molecular weight is 391 g/mol. The third-order valence-electron chi connectivity index (χ3n) is 4.29. The van der Waals surface area contributed by atoms with Crippen LogP contribution in [0.1, 0.15) is 10.4 Å². The van der Waals surface area contributed by atoms with E-state index in [-0.39, 0.29) is 5.97 Å². The fourth-order valence-corrected chi connectivity index (χ4v) is 3.79. The molecule has 3 heterocycles. The summed E-state index contributed by atoms with van der Waals surface area (Å²) in [5.74, 6) is 0.197. The Balaban J connectivity index is 1.82. The van der Waals surface area contributed by atoms with Crippen molar-refractivity contribution in [1.29, 1.82) is 0 Å². The maximum atomic E-state index is 12.2. The highest BCUT2D eigenvalue weighted by atomic mass is 32.2. The highest BCUT2D eigenvalue weighted by Crippen LogP contribution is 2.33. The van der Waals surface area contributed by atoms with Gasteiger partial charge in [0, 0.05) is 46.7 Å². The van der Waals surface area contributed by atoms with Crippen molar-refractivity contribution in [2.75, 3.05) is 14.2 Å². The monoisotopic (exact) mass is 391 g/mol. The minimum Gasteiger partial charge on any atom is -0.481 e. The molecule has 4 aromatic rings. The normalized spacial score (nSPS) is 10.8. The number of methoxy groups -OCH3 is 2. The molecule has 0 atom stereocenters. The lowest BCUT2D eigenvalue weighted by Gasteiger charge is -2.07.